The monoisotopic (exact) mass is 401 g/mol. The Morgan fingerprint density at radius 2 is 2.17 bits per heavy atom. The molecule has 1 aliphatic carbocycles. The molecule has 0 saturated carbocycles. The van der Waals surface area contributed by atoms with Crippen LogP contribution in [0, 0.1) is 0 Å². The van der Waals surface area contributed by atoms with Crippen molar-refractivity contribution >= 4 is 11.9 Å². The molecule has 2 fully saturated rings. The van der Waals surface area contributed by atoms with Gasteiger partial charge in [-0.05, 0) is 74.9 Å². The molecule has 2 bridgehead atoms. The number of aliphatic hydroxyl groups is 1. The van der Waals surface area contributed by atoms with E-state index in [1.165, 1.54) is 11.1 Å². The number of aliphatic hydroxyl groups excluding tert-OH is 1. The third kappa shape index (κ3) is 3.40. The molecule has 3 aliphatic rings. The number of nitrogens with zero attached hydrogens (tertiary/aromatic N) is 1. The maximum Gasteiger partial charge on any atom is 0.322 e. The molecule has 0 radical (unpaired) electrons. The molecule has 7 nitrogen and oxygen atoms in total. The summed E-state index contributed by atoms with van der Waals surface area (Å²) < 4.78 is 5.51. The molecule has 0 aromatic heterocycles. The van der Waals surface area contributed by atoms with E-state index < -0.39 is 11.6 Å². The van der Waals surface area contributed by atoms with Gasteiger partial charge in [0, 0.05) is 18.1 Å². The van der Waals surface area contributed by atoms with Crippen molar-refractivity contribution in [2.45, 2.75) is 62.4 Å². The van der Waals surface area contributed by atoms with Crippen LogP contribution in [0.2, 0.25) is 0 Å². The molecule has 3 atom stereocenters. The lowest BCUT2D eigenvalue weighted by Crippen LogP contribution is -2.58. The highest BCUT2D eigenvalue weighted by atomic mass is 16.5. The number of urea groups is 1. The number of rotatable bonds is 7. The summed E-state index contributed by atoms with van der Waals surface area (Å²) in [5, 5.41) is 14.8. The van der Waals surface area contributed by atoms with E-state index >= 15 is 0 Å². The molecule has 29 heavy (non-hydrogen) atoms. The number of nitrogens with one attached hydrogen (secondary N) is 2. The van der Waals surface area contributed by atoms with Crippen LogP contribution >= 0.6 is 0 Å². The number of piperidine rings is 1. The van der Waals surface area contributed by atoms with E-state index in [4.69, 9.17) is 4.74 Å². The number of likely N-dealkylation sites (N-methyl/N-ethyl adjacent to an activating group) is 1. The van der Waals surface area contributed by atoms with Crippen LogP contribution in [-0.4, -0.2) is 60.3 Å². The summed E-state index contributed by atoms with van der Waals surface area (Å²) in [5.41, 5.74) is 1.38. The largest absolute Gasteiger partial charge is 0.497 e. The van der Waals surface area contributed by atoms with E-state index in [-0.39, 0.29) is 17.9 Å². The number of carbonyl (C=O) groups is 2. The Morgan fingerprint density at radius 3 is 2.83 bits per heavy atom. The number of methoxy groups -OCH3 is 1. The van der Waals surface area contributed by atoms with Crippen molar-refractivity contribution in [1.82, 2.24) is 15.5 Å². The first-order valence-corrected chi connectivity index (χ1v) is 10.6. The predicted molar refractivity (Wildman–Crippen MR) is 109 cm³/mol. The summed E-state index contributed by atoms with van der Waals surface area (Å²) in [6.07, 6.45) is 4.35. The number of fused-ring (bicyclic) bond motifs is 4. The molecular weight excluding hydrogens is 370 g/mol. The van der Waals surface area contributed by atoms with Gasteiger partial charge >= 0.3 is 6.03 Å². The van der Waals surface area contributed by atoms with Gasteiger partial charge in [0.25, 0.3) is 5.91 Å². The zero-order valence-corrected chi connectivity index (χ0v) is 17.3. The maximum atomic E-state index is 12.9. The topological polar surface area (TPSA) is 90.9 Å². The van der Waals surface area contributed by atoms with Gasteiger partial charge in [-0.2, -0.15) is 0 Å². The molecule has 3 amide bonds. The second-order valence-electron chi connectivity index (χ2n) is 8.74. The van der Waals surface area contributed by atoms with Crippen molar-refractivity contribution in [2.75, 3.05) is 26.8 Å². The molecule has 158 valence electrons. The van der Waals surface area contributed by atoms with Gasteiger partial charge in [0.1, 0.15) is 11.3 Å². The molecule has 3 N–H and O–H groups in total. The SMILES string of the molecule is CCN1CCC2(CC3(CCCO)NC(=O)NC3=O)CC1Cc1ccc(OC)cc12. The van der Waals surface area contributed by atoms with E-state index in [0.29, 0.717) is 25.3 Å². The first-order chi connectivity index (χ1) is 13.9. The number of ether oxygens (including phenoxy) is 1. The van der Waals surface area contributed by atoms with Crippen LogP contribution in [0.4, 0.5) is 4.79 Å². The fourth-order valence-electron chi connectivity index (χ4n) is 5.82. The summed E-state index contributed by atoms with van der Waals surface area (Å²) in [7, 11) is 1.67. The third-order valence-corrected chi connectivity index (χ3v) is 7.19. The number of likely N-dealkylation sites (tertiary alicyclic amines) is 1. The van der Waals surface area contributed by atoms with Crippen LogP contribution in [0.5, 0.6) is 5.75 Å². The highest BCUT2D eigenvalue weighted by Gasteiger charge is 2.54. The van der Waals surface area contributed by atoms with Crippen LogP contribution in [0.3, 0.4) is 0 Å². The molecule has 3 unspecified atom stereocenters. The molecule has 4 rings (SSSR count). The highest BCUT2D eigenvalue weighted by Crippen LogP contribution is 2.51. The normalized spacial score (nSPS) is 31.2. The molecule has 7 heteroatoms. The lowest BCUT2D eigenvalue weighted by molar-refractivity contribution is -0.125. The average molecular weight is 402 g/mol. The fourth-order valence-corrected chi connectivity index (χ4v) is 5.82. The van der Waals surface area contributed by atoms with Gasteiger partial charge < -0.3 is 20.1 Å². The standard InChI is InChI=1S/C22H31N3O4/c1-3-25-9-8-21(14-22(7-4-10-26)19(27)23-20(28)24-22)13-16(25)11-15-5-6-17(29-2)12-18(15)21/h5-6,12,16,26H,3-4,7-11,13-14H2,1-2H3,(H2,23,24,27,28). The van der Waals surface area contributed by atoms with Crippen LogP contribution in [-0.2, 0) is 16.6 Å². The van der Waals surface area contributed by atoms with Crippen LogP contribution < -0.4 is 15.4 Å². The van der Waals surface area contributed by atoms with E-state index in [2.05, 4.69) is 34.6 Å². The zero-order valence-electron chi connectivity index (χ0n) is 17.3. The zero-order chi connectivity index (χ0) is 20.6. The van der Waals surface area contributed by atoms with Gasteiger partial charge in [0.15, 0.2) is 0 Å². The molecule has 2 aliphatic heterocycles. The van der Waals surface area contributed by atoms with Crippen LogP contribution in [0.25, 0.3) is 0 Å². The highest BCUT2D eigenvalue weighted by molar-refractivity contribution is 6.07. The van der Waals surface area contributed by atoms with Crippen molar-refractivity contribution in [3.05, 3.63) is 29.3 Å². The Labute approximate surface area is 171 Å². The van der Waals surface area contributed by atoms with Crippen molar-refractivity contribution in [3.8, 4) is 5.75 Å². The van der Waals surface area contributed by atoms with Gasteiger partial charge in [0.2, 0.25) is 0 Å². The first-order valence-electron chi connectivity index (χ1n) is 10.6. The second-order valence-corrected chi connectivity index (χ2v) is 8.74. The van der Waals surface area contributed by atoms with Gasteiger partial charge in [-0.1, -0.05) is 13.0 Å². The van der Waals surface area contributed by atoms with Gasteiger partial charge in [-0.15, -0.1) is 0 Å². The van der Waals surface area contributed by atoms with Crippen molar-refractivity contribution < 1.29 is 19.4 Å². The minimum Gasteiger partial charge on any atom is -0.497 e. The lowest BCUT2D eigenvalue weighted by Gasteiger charge is -2.53. The predicted octanol–water partition coefficient (Wildman–Crippen LogP) is 1.71. The first kappa shape index (κ1) is 20.2. The van der Waals surface area contributed by atoms with Gasteiger partial charge in [-0.3, -0.25) is 10.1 Å². The number of benzene rings is 1. The second kappa shape index (κ2) is 7.61. The third-order valence-electron chi connectivity index (χ3n) is 7.19. The summed E-state index contributed by atoms with van der Waals surface area (Å²) in [5.74, 6) is 0.554. The van der Waals surface area contributed by atoms with Gasteiger partial charge in [-0.25, -0.2) is 4.79 Å². The Kier molecular flexibility index (Phi) is 5.29. The summed E-state index contributed by atoms with van der Waals surface area (Å²) in [6, 6.07) is 6.29. The Bertz CT molecular complexity index is 813. The number of amides is 3. The van der Waals surface area contributed by atoms with Gasteiger partial charge in [0.05, 0.1) is 7.11 Å². The van der Waals surface area contributed by atoms with E-state index in [1.54, 1.807) is 7.11 Å². The lowest BCUT2D eigenvalue weighted by atomic mass is 9.58. The summed E-state index contributed by atoms with van der Waals surface area (Å²) >= 11 is 0. The van der Waals surface area contributed by atoms with E-state index in [1.807, 2.05) is 6.07 Å². The van der Waals surface area contributed by atoms with E-state index in [0.717, 1.165) is 38.1 Å². The Hall–Kier alpha value is -2.12. The molecule has 1 aromatic rings. The van der Waals surface area contributed by atoms with Crippen LogP contribution in [0.15, 0.2) is 18.2 Å². The number of hydrogen-bond acceptors (Lipinski definition) is 5. The van der Waals surface area contributed by atoms with Crippen LogP contribution in [0.1, 0.15) is 50.2 Å². The Morgan fingerprint density at radius 1 is 1.34 bits per heavy atom. The van der Waals surface area contributed by atoms with E-state index in [9.17, 15) is 14.7 Å². The molecule has 2 saturated heterocycles. The molecule has 0 spiro atoms. The number of hydrogen-bond donors (Lipinski definition) is 3. The smallest absolute Gasteiger partial charge is 0.322 e. The fraction of sp³-hybridized carbons (Fsp3) is 0.636. The molecular formula is C22H31N3O4. The number of carbonyl (C=O) groups excluding carboxylic acids is 2. The minimum absolute atomic E-state index is 0.00541. The van der Waals surface area contributed by atoms with Crippen molar-refractivity contribution in [1.29, 1.82) is 0 Å². The average Bonchev–Trinajstić information content (AvgIpc) is 2.99. The minimum atomic E-state index is -0.976. The molecule has 1 aromatic carbocycles. The summed E-state index contributed by atoms with van der Waals surface area (Å²) in [6.45, 7) is 4.18. The quantitative estimate of drug-likeness (QED) is 0.605. The van der Waals surface area contributed by atoms with Crippen molar-refractivity contribution in [2.24, 2.45) is 0 Å². The molecule has 2 heterocycles. The number of imide groups is 1. The Balaban J connectivity index is 1.77. The maximum absolute atomic E-state index is 12.9. The summed E-state index contributed by atoms with van der Waals surface area (Å²) in [4.78, 5) is 27.5. The van der Waals surface area contributed by atoms with Crippen molar-refractivity contribution in [3.63, 3.8) is 0 Å².